The maximum absolute atomic E-state index is 11.4. The van der Waals surface area contributed by atoms with Crippen LogP contribution in [0.5, 0.6) is 5.75 Å². The number of phenols is 1. The van der Waals surface area contributed by atoms with Crippen molar-refractivity contribution in [1.82, 2.24) is 20.6 Å². The topological polar surface area (TPSA) is 118 Å². The number of nitro benzene ring substituents is 1. The highest BCUT2D eigenvalue weighted by Crippen LogP contribution is 2.46. The van der Waals surface area contributed by atoms with Crippen LogP contribution in [0.15, 0.2) is 36.4 Å². The Kier molecular flexibility index (Phi) is 3.43. The average molecular weight is 318 g/mol. The number of benzene rings is 2. The van der Waals surface area contributed by atoms with Crippen molar-refractivity contribution < 1.29 is 10.0 Å². The number of halogens is 1. The predicted octanol–water partition coefficient (Wildman–Crippen LogP) is 2.80. The number of hydrogen-bond donors (Lipinski definition) is 2. The second-order valence-electron chi connectivity index (χ2n) is 4.35. The number of nitrogens with zero attached hydrogens (tertiary/aromatic N) is 4. The number of aromatic amines is 1. The number of phenolic OH excluding ortho intramolecular Hbond substituents is 1. The van der Waals surface area contributed by atoms with E-state index >= 15 is 0 Å². The normalized spacial score (nSPS) is 10.6. The van der Waals surface area contributed by atoms with E-state index in [-0.39, 0.29) is 22.0 Å². The Labute approximate surface area is 128 Å². The van der Waals surface area contributed by atoms with Crippen molar-refractivity contribution >= 4 is 17.3 Å². The molecule has 0 amide bonds. The molecule has 0 aliphatic heterocycles. The Balaban J connectivity index is 2.32. The number of nitrogens with one attached hydrogen (secondary N) is 1. The summed E-state index contributed by atoms with van der Waals surface area (Å²) in [5.41, 5.74) is 0.250. The number of aromatic hydroxyl groups is 1. The molecule has 0 radical (unpaired) electrons. The highest BCUT2D eigenvalue weighted by atomic mass is 35.5. The molecule has 0 aliphatic carbocycles. The van der Waals surface area contributed by atoms with Crippen molar-refractivity contribution in [3.05, 3.63) is 51.5 Å². The van der Waals surface area contributed by atoms with Crippen LogP contribution in [0, 0.1) is 10.1 Å². The number of H-pyrrole nitrogens is 1. The third-order valence-corrected chi connectivity index (χ3v) is 3.37. The van der Waals surface area contributed by atoms with Crippen molar-refractivity contribution in [1.29, 1.82) is 0 Å². The standard InChI is InChI=1S/C13H8ClN5O3/c14-9-6-8(7-4-2-1-3-5-7)12(20)11(19(21)22)10(9)13-15-17-18-16-13/h1-6,20H,(H,15,16,17,18). The highest BCUT2D eigenvalue weighted by molar-refractivity contribution is 6.34. The van der Waals surface area contributed by atoms with Crippen LogP contribution < -0.4 is 0 Å². The number of hydrogen-bond acceptors (Lipinski definition) is 6. The number of nitro groups is 1. The monoisotopic (exact) mass is 317 g/mol. The van der Waals surface area contributed by atoms with Crippen molar-refractivity contribution in [2.24, 2.45) is 0 Å². The minimum Gasteiger partial charge on any atom is -0.502 e. The molecule has 3 rings (SSSR count). The van der Waals surface area contributed by atoms with Gasteiger partial charge in [0.1, 0.15) is 5.56 Å². The Morgan fingerprint density at radius 2 is 2.00 bits per heavy atom. The van der Waals surface area contributed by atoms with Crippen LogP contribution in [-0.4, -0.2) is 30.7 Å². The molecule has 8 nitrogen and oxygen atoms in total. The lowest BCUT2D eigenvalue weighted by Crippen LogP contribution is -1.97. The third-order valence-electron chi connectivity index (χ3n) is 3.08. The lowest BCUT2D eigenvalue weighted by molar-refractivity contribution is -0.385. The molecular weight excluding hydrogens is 310 g/mol. The molecule has 110 valence electrons. The fourth-order valence-electron chi connectivity index (χ4n) is 2.13. The van der Waals surface area contributed by atoms with Gasteiger partial charge in [-0.15, -0.1) is 5.10 Å². The first-order valence-corrected chi connectivity index (χ1v) is 6.46. The molecular formula is C13H8ClN5O3. The van der Waals surface area contributed by atoms with Crippen LogP contribution in [0.3, 0.4) is 0 Å². The molecule has 0 saturated carbocycles. The van der Waals surface area contributed by atoms with Crippen LogP contribution in [0.1, 0.15) is 0 Å². The van der Waals surface area contributed by atoms with Crippen LogP contribution in [0.4, 0.5) is 5.69 Å². The van der Waals surface area contributed by atoms with Crippen molar-refractivity contribution in [3.63, 3.8) is 0 Å². The number of aromatic nitrogens is 4. The van der Waals surface area contributed by atoms with E-state index in [2.05, 4.69) is 20.6 Å². The minimum absolute atomic E-state index is 0.00612. The second kappa shape index (κ2) is 5.41. The Morgan fingerprint density at radius 3 is 2.59 bits per heavy atom. The van der Waals surface area contributed by atoms with Crippen LogP contribution in [-0.2, 0) is 0 Å². The smallest absolute Gasteiger partial charge is 0.323 e. The summed E-state index contributed by atoms with van der Waals surface area (Å²) in [6.07, 6.45) is 0. The average Bonchev–Trinajstić information content (AvgIpc) is 3.03. The number of rotatable bonds is 3. The van der Waals surface area contributed by atoms with Gasteiger partial charge in [-0.05, 0) is 22.1 Å². The first kappa shape index (κ1) is 14.0. The molecule has 22 heavy (non-hydrogen) atoms. The predicted molar refractivity (Wildman–Crippen MR) is 78.4 cm³/mol. The van der Waals surface area contributed by atoms with Crippen molar-refractivity contribution in [2.75, 3.05) is 0 Å². The molecule has 0 aliphatic rings. The molecule has 0 unspecified atom stereocenters. The van der Waals surface area contributed by atoms with Gasteiger partial charge in [-0.25, -0.2) is 5.10 Å². The van der Waals surface area contributed by atoms with Gasteiger partial charge < -0.3 is 5.11 Å². The molecule has 2 N–H and O–H groups in total. The summed E-state index contributed by atoms with van der Waals surface area (Å²) in [6, 6.07) is 10.2. The molecule has 2 aromatic carbocycles. The summed E-state index contributed by atoms with van der Waals surface area (Å²) < 4.78 is 0. The van der Waals surface area contributed by atoms with E-state index in [1.165, 1.54) is 6.07 Å². The maximum atomic E-state index is 11.4. The lowest BCUT2D eigenvalue weighted by Gasteiger charge is -2.09. The largest absolute Gasteiger partial charge is 0.502 e. The highest BCUT2D eigenvalue weighted by Gasteiger charge is 2.29. The van der Waals surface area contributed by atoms with Gasteiger partial charge in [-0.2, -0.15) is 0 Å². The summed E-state index contributed by atoms with van der Waals surface area (Å²) in [7, 11) is 0. The summed E-state index contributed by atoms with van der Waals surface area (Å²) in [6.45, 7) is 0. The van der Waals surface area contributed by atoms with Crippen LogP contribution in [0.2, 0.25) is 5.02 Å². The van der Waals surface area contributed by atoms with E-state index in [9.17, 15) is 15.2 Å². The van der Waals surface area contributed by atoms with E-state index in [1.807, 2.05) is 0 Å². The van der Waals surface area contributed by atoms with E-state index in [4.69, 9.17) is 11.6 Å². The van der Waals surface area contributed by atoms with E-state index in [0.717, 1.165) is 0 Å². The molecule has 0 spiro atoms. The van der Waals surface area contributed by atoms with Crippen molar-refractivity contribution in [3.8, 4) is 28.3 Å². The fourth-order valence-corrected chi connectivity index (χ4v) is 2.42. The zero-order chi connectivity index (χ0) is 15.7. The van der Waals surface area contributed by atoms with Gasteiger partial charge >= 0.3 is 5.69 Å². The zero-order valence-corrected chi connectivity index (χ0v) is 11.7. The van der Waals surface area contributed by atoms with Gasteiger partial charge in [0.2, 0.25) is 5.75 Å². The van der Waals surface area contributed by atoms with Gasteiger partial charge in [0, 0.05) is 5.56 Å². The molecule has 1 aromatic heterocycles. The summed E-state index contributed by atoms with van der Waals surface area (Å²) in [5.74, 6) is -0.487. The summed E-state index contributed by atoms with van der Waals surface area (Å²) in [5, 5.41) is 34.5. The van der Waals surface area contributed by atoms with Crippen molar-refractivity contribution in [2.45, 2.75) is 0 Å². The molecule has 0 saturated heterocycles. The fraction of sp³-hybridized carbons (Fsp3) is 0. The molecule has 1 heterocycles. The van der Waals surface area contributed by atoms with Gasteiger partial charge in [-0.3, -0.25) is 10.1 Å². The summed E-state index contributed by atoms with van der Waals surface area (Å²) >= 11 is 6.16. The van der Waals surface area contributed by atoms with Crippen LogP contribution >= 0.6 is 11.6 Å². The van der Waals surface area contributed by atoms with Gasteiger partial charge in [-0.1, -0.05) is 41.9 Å². The third kappa shape index (κ3) is 2.25. The van der Waals surface area contributed by atoms with Gasteiger partial charge in [0.25, 0.3) is 0 Å². The van der Waals surface area contributed by atoms with Gasteiger partial charge in [0.05, 0.1) is 9.95 Å². The Morgan fingerprint density at radius 1 is 1.27 bits per heavy atom. The SMILES string of the molecule is O=[N+]([O-])c1c(O)c(-c2ccccc2)cc(Cl)c1-c1nnn[nH]1. The molecule has 9 heteroatoms. The minimum atomic E-state index is -0.717. The molecule has 0 atom stereocenters. The van der Waals surface area contributed by atoms with E-state index < -0.39 is 16.4 Å². The molecule has 0 fully saturated rings. The first-order valence-electron chi connectivity index (χ1n) is 6.09. The maximum Gasteiger partial charge on any atom is 0.323 e. The zero-order valence-electron chi connectivity index (χ0n) is 10.9. The quantitative estimate of drug-likeness (QED) is 0.566. The van der Waals surface area contributed by atoms with E-state index in [0.29, 0.717) is 5.56 Å². The first-order chi connectivity index (χ1) is 10.6. The molecule has 3 aromatic rings. The van der Waals surface area contributed by atoms with Gasteiger partial charge in [0.15, 0.2) is 5.82 Å². The van der Waals surface area contributed by atoms with E-state index in [1.54, 1.807) is 30.3 Å². The molecule has 0 bridgehead atoms. The lowest BCUT2D eigenvalue weighted by atomic mass is 10.0. The van der Waals surface area contributed by atoms with Crippen LogP contribution in [0.25, 0.3) is 22.5 Å². The number of tetrazole rings is 1. The second-order valence-corrected chi connectivity index (χ2v) is 4.76. The summed E-state index contributed by atoms with van der Waals surface area (Å²) in [4.78, 5) is 10.7. The Hall–Kier alpha value is -3.00. The Bertz CT molecular complexity index is 837.